The first-order valence-electron chi connectivity index (χ1n) is 8.31. The fourth-order valence-corrected chi connectivity index (χ4v) is 4.03. The third-order valence-electron chi connectivity index (χ3n) is 4.38. The molecule has 2 fully saturated rings. The van der Waals surface area contributed by atoms with E-state index in [2.05, 4.69) is 0 Å². The predicted molar refractivity (Wildman–Crippen MR) is 89.8 cm³/mol. The molecule has 0 radical (unpaired) electrons. The molecule has 0 spiro atoms. The second-order valence-electron chi connectivity index (χ2n) is 6.89. The van der Waals surface area contributed by atoms with Crippen LogP contribution < -0.4 is 0 Å². The molecule has 2 heterocycles. The van der Waals surface area contributed by atoms with Crippen molar-refractivity contribution in [3.63, 3.8) is 0 Å². The molecule has 3 rings (SSSR count). The van der Waals surface area contributed by atoms with Gasteiger partial charge in [0, 0.05) is 7.11 Å². The van der Waals surface area contributed by atoms with Crippen LogP contribution in [0.1, 0.15) is 19.4 Å². The number of benzene rings is 1. The third-order valence-corrected chi connectivity index (χ3v) is 5.68. The maximum atomic E-state index is 12.4. The molecule has 2 aliphatic heterocycles. The van der Waals surface area contributed by atoms with Crippen molar-refractivity contribution < 1.29 is 36.7 Å². The molecule has 0 amide bonds. The van der Waals surface area contributed by atoms with Gasteiger partial charge in [0.25, 0.3) is 10.1 Å². The highest BCUT2D eigenvalue weighted by molar-refractivity contribution is 7.86. The Bertz CT molecular complexity index is 730. The Morgan fingerprint density at radius 3 is 2.38 bits per heavy atom. The van der Waals surface area contributed by atoms with Crippen LogP contribution in [0.15, 0.2) is 29.2 Å². The number of aryl methyl sites for hydroxylation is 1. The lowest BCUT2D eigenvalue weighted by molar-refractivity contribution is -0.272. The lowest BCUT2D eigenvalue weighted by Gasteiger charge is -2.38. The Hall–Kier alpha value is -1.07. The SMILES string of the molecule is CO[C@H]1O[C@H](COS(=O)(=O)c2ccc(C)cc2)[C@@H]2OC(C)(C)O[C@@H]2[C@H]1O. The van der Waals surface area contributed by atoms with E-state index in [-0.39, 0.29) is 11.5 Å². The van der Waals surface area contributed by atoms with E-state index in [0.717, 1.165) is 5.56 Å². The molecule has 1 aromatic carbocycles. The first-order valence-corrected chi connectivity index (χ1v) is 9.72. The van der Waals surface area contributed by atoms with Crippen molar-refractivity contribution in [1.82, 2.24) is 0 Å². The molecule has 1 aromatic rings. The molecular weight excluding hydrogens is 364 g/mol. The van der Waals surface area contributed by atoms with E-state index >= 15 is 0 Å². The van der Waals surface area contributed by atoms with Crippen LogP contribution in [0.4, 0.5) is 0 Å². The quantitative estimate of drug-likeness (QED) is 0.745. The molecule has 0 unspecified atom stereocenters. The number of hydrogen-bond acceptors (Lipinski definition) is 8. The van der Waals surface area contributed by atoms with Gasteiger partial charge in [-0.05, 0) is 32.9 Å². The molecule has 0 bridgehead atoms. The van der Waals surface area contributed by atoms with Gasteiger partial charge in [0.15, 0.2) is 12.1 Å². The molecule has 5 atom stereocenters. The largest absolute Gasteiger partial charge is 0.385 e. The predicted octanol–water partition coefficient (Wildman–Crippen LogP) is 0.953. The minimum Gasteiger partial charge on any atom is -0.385 e. The van der Waals surface area contributed by atoms with Crippen molar-refractivity contribution >= 4 is 10.1 Å². The van der Waals surface area contributed by atoms with Crippen LogP contribution in [0.25, 0.3) is 0 Å². The molecule has 1 N–H and O–H groups in total. The zero-order chi connectivity index (χ0) is 19.1. The van der Waals surface area contributed by atoms with Crippen molar-refractivity contribution in [3.8, 4) is 0 Å². The Balaban J connectivity index is 1.74. The van der Waals surface area contributed by atoms with Crippen LogP contribution >= 0.6 is 0 Å². The van der Waals surface area contributed by atoms with Gasteiger partial charge in [-0.15, -0.1) is 0 Å². The summed E-state index contributed by atoms with van der Waals surface area (Å²) in [7, 11) is -2.57. The van der Waals surface area contributed by atoms with E-state index in [0.29, 0.717) is 0 Å². The van der Waals surface area contributed by atoms with Gasteiger partial charge in [0.2, 0.25) is 0 Å². The summed E-state index contributed by atoms with van der Waals surface area (Å²) < 4.78 is 52.2. The lowest BCUT2D eigenvalue weighted by atomic mass is 9.99. The van der Waals surface area contributed by atoms with Crippen molar-refractivity contribution in [2.75, 3.05) is 13.7 Å². The molecule has 2 saturated heterocycles. The van der Waals surface area contributed by atoms with Gasteiger partial charge in [-0.3, -0.25) is 4.18 Å². The standard InChI is InChI=1S/C17H24O8S/c1-10-5-7-11(8-6-10)26(19,20)22-9-12-14-15(25-17(2,3)24-14)13(18)16(21-4)23-12/h5-8,12-16,18H,9H2,1-4H3/t12-,13-,14+,15-,16+/m1/s1. The zero-order valence-electron chi connectivity index (χ0n) is 15.1. The van der Waals surface area contributed by atoms with Crippen LogP contribution in [0.3, 0.4) is 0 Å². The molecule has 146 valence electrons. The number of rotatable bonds is 5. The zero-order valence-corrected chi connectivity index (χ0v) is 15.9. The summed E-state index contributed by atoms with van der Waals surface area (Å²) in [5.41, 5.74) is 0.943. The van der Waals surface area contributed by atoms with E-state index in [1.165, 1.54) is 19.2 Å². The Kier molecular flexibility index (Phi) is 5.42. The molecular formula is C17H24O8S. The first kappa shape index (κ1) is 19.7. The van der Waals surface area contributed by atoms with Gasteiger partial charge < -0.3 is 24.1 Å². The number of fused-ring (bicyclic) bond motifs is 1. The van der Waals surface area contributed by atoms with Gasteiger partial charge in [-0.25, -0.2) is 0 Å². The van der Waals surface area contributed by atoms with Gasteiger partial charge in [0.1, 0.15) is 24.4 Å². The molecule has 0 aromatic heterocycles. The van der Waals surface area contributed by atoms with Crippen molar-refractivity contribution in [3.05, 3.63) is 29.8 Å². The van der Waals surface area contributed by atoms with Crippen molar-refractivity contribution in [2.45, 2.75) is 62.2 Å². The summed E-state index contributed by atoms with van der Waals surface area (Å²) in [6.45, 7) is 4.99. The highest BCUT2D eigenvalue weighted by Gasteiger charge is 2.55. The topological polar surface area (TPSA) is 101 Å². The van der Waals surface area contributed by atoms with Crippen LogP contribution in [-0.2, 0) is 33.2 Å². The van der Waals surface area contributed by atoms with Crippen molar-refractivity contribution in [1.29, 1.82) is 0 Å². The molecule has 2 aliphatic rings. The van der Waals surface area contributed by atoms with Crippen LogP contribution in [-0.4, -0.2) is 63.7 Å². The smallest absolute Gasteiger partial charge is 0.297 e. The lowest BCUT2D eigenvalue weighted by Crippen LogP contribution is -2.58. The summed E-state index contributed by atoms with van der Waals surface area (Å²) in [4.78, 5) is 0.0581. The fraction of sp³-hybridized carbons (Fsp3) is 0.647. The maximum absolute atomic E-state index is 12.4. The van der Waals surface area contributed by atoms with E-state index in [4.69, 9.17) is 23.1 Å². The number of aliphatic hydroxyl groups is 1. The van der Waals surface area contributed by atoms with Crippen LogP contribution in [0.2, 0.25) is 0 Å². The monoisotopic (exact) mass is 388 g/mol. The van der Waals surface area contributed by atoms with Gasteiger partial charge in [-0.2, -0.15) is 8.42 Å². The maximum Gasteiger partial charge on any atom is 0.297 e. The number of aliphatic hydroxyl groups excluding tert-OH is 1. The molecule has 9 heteroatoms. The van der Waals surface area contributed by atoms with E-state index in [9.17, 15) is 13.5 Å². The molecule has 8 nitrogen and oxygen atoms in total. The third kappa shape index (κ3) is 3.94. The molecule has 0 aliphatic carbocycles. The fourth-order valence-electron chi connectivity index (χ4n) is 3.11. The van der Waals surface area contributed by atoms with Gasteiger partial charge >= 0.3 is 0 Å². The Labute approximate surface area is 153 Å². The average molecular weight is 388 g/mol. The summed E-state index contributed by atoms with van der Waals surface area (Å²) >= 11 is 0. The van der Waals surface area contributed by atoms with Gasteiger partial charge in [0.05, 0.1) is 11.5 Å². The highest BCUT2D eigenvalue weighted by atomic mass is 32.2. The minimum atomic E-state index is -3.95. The Morgan fingerprint density at radius 1 is 1.15 bits per heavy atom. The highest BCUT2D eigenvalue weighted by Crippen LogP contribution is 2.37. The first-order chi connectivity index (χ1) is 12.1. The van der Waals surface area contributed by atoms with E-state index in [1.54, 1.807) is 26.0 Å². The second kappa shape index (κ2) is 7.16. The summed E-state index contributed by atoms with van der Waals surface area (Å²) in [5, 5.41) is 10.3. The normalized spacial score (nSPS) is 33.8. The van der Waals surface area contributed by atoms with E-state index < -0.39 is 46.6 Å². The minimum absolute atomic E-state index is 0.0581. The number of methoxy groups -OCH3 is 1. The average Bonchev–Trinajstić information content (AvgIpc) is 2.91. The molecule has 26 heavy (non-hydrogen) atoms. The van der Waals surface area contributed by atoms with Crippen molar-refractivity contribution in [2.24, 2.45) is 0 Å². The molecule has 0 saturated carbocycles. The van der Waals surface area contributed by atoms with Crippen LogP contribution in [0.5, 0.6) is 0 Å². The number of hydrogen-bond donors (Lipinski definition) is 1. The van der Waals surface area contributed by atoms with E-state index in [1.807, 2.05) is 6.92 Å². The summed E-state index contributed by atoms with van der Waals surface area (Å²) in [6.07, 6.45) is -4.20. The van der Waals surface area contributed by atoms with Crippen LogP contribution in [0, 0.1) is 6.92 Å². The number of ether oxygens (including phenoxy) is 4. The van der Waals surface area contributed by atoms with Gasteiger partial charge in [-0.1, -0.05) is 17.7 Å². The second-order valence-corrected chi connectivity index (χ2v) is 8.50. The summed E-state index contributed by atoms with van der Waals surface area (Å²) in [5.74, 6) is -0.934. The summed E-state index contributed by atoms with van der Waals surface area (Å²) in [6, 6.07) is 6.35. The Morgan fingerprint density at radius 2 is 1.77 bits per heavy atom.